The highest BCUT2D eigenvalue weighted by atomic mass is 16.5. The molecule has 2 amide bonds. The lowest BCUT2D eigenvalue weighted by molar-refractivity contribution is -0.142. The fraction of sp³-hybridized carbons (Fsp3) is 0.346. The van der Waals surface area contributed by atoms with E-state index in [1.807, 2.05) is 62.4 Å². The average Bonchev–Trinajstić information content (AvgIpc) is 3.13. The number of hydrogen-bond donors (Lipinski definition) is 4. The zero-order valence-electron chi connectivity index (χ0n) is 19.3. The van der Waals surface area contributed by atoms with E-state index in [0.29, 0.717) is 0 Å². The van der Waals surface area contributed by atoms with Crippen molar-refractivity contribution in [3.63, 3.8) is 0 Å². The summed E-state index contributed by atoms with van der Waals surface area (Å²) in [7, 11) is 0. The molecule has 0 saturated heterocycles. The van der Waals surface area contributed by atoms with Crippen molar-refractivity contribution in [3.8, 4) is 11.1 Å². The lowest BCUT2D eigenvalue weighted by Crippen LogP contribution is -2.51. The summed E-state index contributed by atoms with van der Waals surface area (Å²) >= 11 is 0. The van der Waals surface area contributed by atoms with E-state index in [0.717, 1.165) is 27.8 Å². The number of benzene rings is 2. The Morgan fingerprint density at radius 2 is 1.56 bits per heavy atom. The Hall–Kier alpha value is -3.65. The molecule has 2 aromatic rings. The van der Waals surface area contributed by atoms with E-state index in [1.165, 1.54) is 0 Å². The van der Waals surface area contributed by atoms with Crippen LogP contribution in [0.2, 0.25) is 0 Å². The van der Waals surface area contributed by atoms with Crippen LogP contribution in [0.15, 0.2) is 60.2 Å². The molecule has 0 fully saturated rings. The molecule has 0 aliphatic heterocycles. The van der Waals surface area contributed by atoms with Crippen molar-refractivity contribution in [1.82, 2.24) is 10.6 Å². The maximum absolute atomic E-state index is 12.7. The van der Waals surface area contributed by atoms with Crippen LogP contribution in [0.4, 0.5) is 4.79 Å². The van der Waals surface area contributed by atoms with E-state index in [4.69, 9.17) is 9.84 Å². The van der Waals surface area contributed by atoms with Gasteiger partial charge in [0.1, 0.15) is 18.7 Å². The number of amides is 2. The minimum Gasteiger partial charge on any atom is -0.480 e. The first-order valence-electron chi connectivity index (χ1n) is 11.2. The minimum absolute atomic E-state index is 0.0963. The number of alkyl carbamates (subject to hydrolysis) is 1. The lowest BCUT2D eigenvalue weighted by Gasteiger charge is -2.21. The molecule has 2 unspecified atom stereocenters. The molecular formula is C26H30N2O6. The summed E-state index contributed by atoms with van der Waals surface area (Å²) in [6, 6.07) is 13.7. The van der Waals surface area contributed by atoms with Crippen molar-refractivity contribution in [2.75, 3.05) is 13.2 Å². The minimum atomic E-state index is -1.26. The van der Waals surface area contributed by atoms with Gasteiger partial charge >= 0.3 is 12.1 Å². The number of carboxylic acid groups (broad SMARTS) is 1. The molecule has 3 rings (SSSR count). The highest BCUT2D eigenvalue weighted by Crippen LogP contribution is 2.44. The maximum Gasteiger partial charge on any atom is 0.407 e. The molecule has 0 radical (unpaired) electrons. The Labute approximate surface area is 198 Å². The molecule has 8 nitrogen and oxygen atoms in total. The number of aliphatic hydroxyl groups is 1. The van der Waals surface area contributed by atoms with Crippen LogP contribution in [0.1, 0.15) is 43.7 Å². The van der Waals surface area contributed by atoms with E-state index >= 15 is 0 Å². The second kappa shape index (κ2) is 11.5. The number of rotatable bonds is 10. The SMILES string of the molecule is CC(C)=CCC(NC(=O)OCC1c2ccccc2-c2ccccc21)C(=O)NC(CCO)C(=O)O. The monoisotopic (exact) mass is 466 g/mol. The van der Waals surface area contributed by atoms with Crippen LogP contribution in [0.5, 0.6) is 0 Å². The third-order valence-corrected chi connectivity index (χ3v) is 5.75. The van der Waals surface area contributed by atoms with Crippen molar-refractivity contribution in [1.29, 1.82) is 0 Å². The first-order chi connectivity index (χ1) is 16.3. The second-order valence-electron chi connectivity index (χ2n) is 8.45. The second-order valence-corrected chi connectivity index (χ2v) is 8.45. The van der Waals surface area contributed by atoms with Crippen LogP contribution in [-0.4, -0.2) is 53.5 Å². The Balaban J connectivity index is 1.68. The number of ether oxygens (including phenoxy) is 1. The number of allylic oxidation sites excluding steroid dienone is 1. The van der Waals surface area contributed by atoms with E-state index in [9.17, 15) is 19.5 Å². The molecule has 0 heterocycles. The van der Waals surface area contributed by atoms with Crippen molar-refractivity contribution in [2.24, 2.45) is 0 Å². The molecule has 4 N–H and O–H groups in total. The highest BCUT2D eigenvalue weighted by Gasteiger charge is 2.30. The van der Waals surface area contributed by atoms with Crippen molar-refractivity contribution in [3.05, 3.63) is 71.3 Å². The van der Waals surface area contributed by atoms with E-state index in [-0.39, 0.29) is 25.4 Å². The van der Waals surface area contributed by atoms with Crippen LogP contribution in [0.25, 0.3) is 11.1 Å². The molecule has 2 atom stereocenters. The van der Waals surface area contributed by atoms with Gasteiger partial charge in [-0.2, -0.15) is 0 Å². The predicted molar refractivity (Wildman–Crippen MR) is 127 cm³/mol. The predicted octanol–water partition coefficient (Wildman–Crippen LogP) is 3.20. The Kier molecular flexibility index (Phi) is 8.43. The Bertz CT molecular complexity index is 1030. The third-order valence-electron chi connectivity index (χ3n) is 5.75. The number of carbonyl (C=O) groups excluding carboxylic acids is 2. The molecule has 34 heavy (non-hydrogen) atoms. The highest BCUT2D eigenvalue weighted by molar-refractivity contribution is 5.89. The van der Waals surface area contributed by atoms with Crippen LogP contribution >= 0.6 is 0 Å². The smallest absolute Gasteiger partial charge is 0.407 e. The molecule has 2 aromatic carbocycles. The lowest BCUT2D eigenvalue weighted by atomic mass is 9.98. The Morgan fingerprint density at radius 3 is 2.09 bits per heavy atom. The molecule has 0 aromatic heterocycles. The van der Waals surface area contributed by atoms with Crippen LogP contribution in [0, 0.1) is 0 Å². The van der Waals surface area contributed by atoms with Gasteiger partial charge in [-0.25, -0.2) is 9.59 Å². The summed E-state index contributed by atoms with van der Waals surface area (Å²) in [4.78, 5) is 36.7. The number of nitrogens with one attached hydrogen (secondary N) is 2. The van der Waals surface area contributed by atoms with Gasteiger partial charge in [-0.05, 0) is 42.5 Å². The fourth-order valence-corrected chi connectivity index (χ4v) is 4.03. The fourth-order valence-electron chi connectivity index (χ4n) is 4.03. The molecular weight excluding hydrogens is 436 g/mol. The average molecular weight is 467 g/mol. The van der Waals surface area contributed by atoms with Gasteiger partial charge in [-0.15, -0.1) is 0 Å². The summed E-state index contributed by atoms with van der Waals surface area (Å²) in [6.45, 7) is 3.41. The van der Waals surface area contributed by atoms with Gasteiger partial charge in [-0.3, -0.25) is 4.79 Å². The topological polar surface area (TPSA) is 125 Å². The quantitative estimate of drug-likeness (QED) is 0.399. The summed E-state index contributed by atoms with van der Waals surface area (Å²) in [5.41, 5.74) is 5.30. The largest absolute Gasteiger partial charge is 0.480 e. The van der Waals surface area contributed by atoms with Gasteiger partial charge in [0.2, 0.25) is 5.91 Å². The number of carboxylic acids is 1. The standard InChI is InChI=1S/C26H30N2O6/c1-16(2)11-12-22(24(30)27-23(13-14-29)25(31)32)28-26(33)34-15-21-19-9-5-3-7-17(19)18-8-4-6-10-20(18)21/h3-11,21-23,29H,12-15H2,1-2H3,(H,27,30)(H,28,33)(H,31,32). The van der Waals surface area contributed by atoms with Crippen molar-refractivity contribution < 1.29 is 29.3 Å². The van der Waals surface area contributed by atoms with Gasteiger partial charge in [0.05, 0.1) is 0 Å². The molecule has 0 spiro atoms. The van der Waals surface area contributed by atoms with Gasteiger partial charge < -0.3 is 25.6 Å². The summed E-state index contributed by atoms with van der Waals surface area (Å²) < 4.78 is 5.52. The maximum atomic E-state index is 12.7. The number of fused-ring (bicyclic) bond motifs is 3. The van der Waals surface area contributed by atoms with Gasteiger partial charge in [0, 0.05) is 18.9 Å². The van der Waals surface area contributed by atoms with Crippen LogP contribution < -0.4 is 10.6 Å². The normalized spacial score (nSPS) is 13.7. The number of hydrogen-bond acceptors (Lipinski definition) is 5. The number of aliphatic hydroxyl groups excluding tert-OH is 1. The third kappa shape index (κ3) is 6.02. The molecule has 8 heteroatoms. The molecule has 0 saturated carbocycles. The van der Waals surface area contributed by atoms with Crippen LogP contribution in [-0.2, 0) is 14.3 Å². The van der Waals surface area contributed by atoms with Crippen molar-refractivity contribution >= 4 is 18.0 Å². The molecule has 0 bridgehead atoms. The van der Waals surface area contributed by atoms with Gasteiger partial charge in [0.25, 0.3) is 0 Å². The molecule has 1 aliphatic carbocycles. The van der Waals surface area contributed by atoms with Crippen LogP contribution in [0.3, 0.4) is 0 Å². The first-order valence-corrected chi connectivity index (χ1v) is 11.2. The molecule has 1 aliphatic rings. The zero-order valence-corrected chi connectivity index (χ0v) is 19.3. The Morgan fingerprint density at radius 1 is 0.971 bits per heavy atom. The summed E-state index contributed by atoms with van der Waals surface area (Å²) in [6.07, 6.45) is 1.04. The van der Waals surface area contributed by atoms with Gasteiger partial charge in [0.15, 0.2) is 0 Å². The van der Waals surface area contributed by atoms with E-state index in [1.54, 1.807) is 6.08 Å². The summed E-state index contributed by atoms with van der Waals surface area (Å²) in [5.74, 6) is -2.04. The first kappa shape index (κ1) is 25.0. The molecule has 180 valence electrons. The number of aliphatic carboxylic acids is 1. The van der Waals surface area contributed by atoms with Crippen molar-refractivity contribution in [2.45, 2.75) is 44.7 Å². The van der Waals surface area contributed by atoms with E-state index < -0.39 is 36.7 Å². The zero-order chi connectivity index (χ0) is 24.7. The van der Waals surface area contributed by atoms with E-state index in [2.05, 4.69) is 10.6 Å². The van der Waals surface area contributed by atoms with Gasteiger partial charge in [-0.1, -0.05) is 60.2 Å². The summed E-state index contributed by atoms with van der Waals surface area (Å²) in [5, 5.41) is 23.2. The number of carbonyl (C=O) groups is 3.